The van der Waals surface area contributed by atoms with Gasteiger partial charge in [-0.25, -0.2) is 0 Å². The molecule has 2 aliphatic rings. The molecule has 19 heavy (non-hydrogen) atoms. The highest BCUT2D eigenvalue weighted by molar-refractivity contribution is 5.52. The van der Waals surface area contributed by atoms with Gasteiger partial charge in [0.05, 0.1) is 0 Å². The lowest BCUT2D eigenvalue weighted by Gasteiger charge is -2.31. The maximum atomic E-state index is 10.1. The second-order valence-corrected chi connectivity index (χ2v) is 5.85. The molecule has 100 valence electrons. The number of phenolic OH excluding ortho intramolecular Hbond substituents is 1. The van der Waals surface area contributed by atoms with Crippen molar-refractivity contribution in [3.8, 4) is 11.5 Å². The summed E-state index contributed by atoms with van der Waals surface area (Å²) in [5.74, 6) is 2.85. The summed E-state index contributed by atoms with van der Waals surface area (Å²) in [6, 6.07) is 3.83. The van der Waals surface area contributed by atoms with E-state index in [4.69, 9.17) is 4.74 Å². The minimum absolute atomic E-state index is 0.364. The first-order valence-electron chi connectivity index (χ1n) is 6.91. The summed E-state index contributed by atoms with van der Waals surface area (Å²) >= 11 is 0. The van der Waals surface area contributed by atoms with Gasteiger partial charge in [0.15, 0.2) is 0 Å². The highest BCUT2D eigenvalue weighted by atomic mass is 16.5. The quantitative estimate of drug-likeness (QED) is 0.760. The average Bonchev–Trinajstić information content (AvgIpc) is 2.35. The fourth-order valence-electron chi connectivity index (χ4n) is 3.06. The molecular weight excluding hydrogens is 236 g/mol. The first-order chi connectivity index (χ1) is 9.04. The van der Waals surface area contributed by atoms with Crippen molar-refractivity contribution in [2.24, 2.45) is 5.92 Å². The van der Waals surface area contributed by atoms with E-state index in [1.165, 1.54) is 11.1 Å². The molecule has 1 atom stereocenters. The third-order valence-electron chi connectivity index (χ3n) is 4.27. The lowest BCUT2D eigenvalue weighted by Crippen LogP contribution is -2.19. The minimum atomic E-state index is 0.364. The van der Waals surface area contributed by atoms with Crippen LogP contribution in [-0.4, -0.2) is 5.11 Å². The number of hydrogen-bond acceptors (Lipinski definition) is 2. The number of fused-ring (bicyclic) bond motifs is 1. The van der Waals surface area contributed by atoms with Crippen LogP contribution in [0.5, 0.6) is 11.5 Å². The van der Waals surface area contributed by atoms with Gasteiger partial charge in [-0.2, -0.15) is 0 Å². The predicted molar refractivity (Wildman–Crippen MR) is 76.4 cm³/mol. The van der Waals surface area contributed by atoms with Crippen LogP contribution >= 0.6 is 0 Å². The van der Waals surface area contributed by atoms with Crippen molar-refractivity contribution in [3.63, 3.8) is 0 Å². The molecular formula is C17H20O2. The van der Waals surface area contributed by atoms with Crippen LogP contribution in [0.1, 0.15) is 37.3 Å². The van der Waals surface area contributed by atoms with Crippen LogP contribution in [0.2, 0.25) is 0 Å². The van der Waals surface area contributed by atoms with E-state index in [0.717, 1.165) is 48.3 Å². The Labute approximate surface area is 114 Å². The van der Waals surface area contributed by atoms with E-state index in [1.54, 1.807) is 0 Å². The highest BCUT2D eigenvalue weighted by Crippen LogP contribution is 2.43. The maximum Gasteiger partial charge on any atom is 0.134 e. The van der Waals surface area contributed by atoms with Crippen LogP contribution in [0.25, 0.3) is 0 Å². The van der Waals surface area contributed by atoms with E-state index in [9.17, 15) is 5.11 Å². The van der Waals surface area contributed by atoms with Crippen molar-refractivity contribution in [1.82, 2.24) is 0 Å². The third kappa shape index (κ3) is 2.16. The highest BCUT2D eigenvalue weighted by Gasteiger charge is 2.28. The molecule has 0 radical (unpaired) electrons. The lowest BCUT2D eigenvalue weighted by atomic mass is 9.81. The molecule has 0 aromatic heterocycles. The van der Waals surface area contributed by atoms with Gasteiger partial charge in [0.25, 0.3) is 0 Å². The number of allylic oxidation sites excluding steroid dienone is 3. The molecule has 0 amide bonds. The molecule has 1 heterocycles. The molecule has 1 aliphatic heterocycles. The Morgan fingerprint density at radius 3 is 2.95 bits per heavy atom. The topological polar surface area (TPSA) is 29.5 Å². The number of aryl methyl sites for hydroxylation is 1. The van der Waals surface area contributed by atoms with Gasteiger partial charge in [0.2, 0.25) is 0 Å². The van der Waals surface area contributed by atoms with E-state index >= 15 is 0 Å². The van der Waals surface area contributed by atoms with E-state index in [0.29, 0.717) is 11.7 Å². The molecule has 0 bridgehead atoms. The fourth-order valence-corrected chi connectivity index (χ4v) is 3.06. The first kappa shape index (κ1) is 12.3. The number of hydrogen-bond donors (Lipinski definition) is 1. The van der Waals surface area contributed by atoms with Gasteiger partial charge in [0.1, 0.15) is 17.3 Å². The SMILES string of the molecule is C=C(C)[C@H]1CCC2=C(C1)Oc1cc(C)cc(O)c1C2. The average molecular weight is 256 g/mol. The summed E-state index contributed by atoms with van der Waals surface area (Å²) in [7, 11) is 0. The number of ether oxygens (including phenoxy) is 1. The van der Waals surface area contributed by atoms with Gasteiger partial charge in [-0.3, -0.25) is 0 Å². The second-order valence-electron chi connectivity index (χ2n) is 5.85. The van der Waals surface area contributed by atoms with Crippen LogP contribution in [-0.2, 0) is 6.42 Å². The van der Waals surface area contributed by atoms with E-state index in [2.05, 4.69) is 13.5 Å². The van der Waals surface area contributed by atoms with E-state index in [1.807, 2.05) is 19.1 Å². The van der Waals surface area contributed by atoms with Crippen molar-refractivity contribution in [3.05, 3.63) is 46.7 Å². The van der Waals surface area contributed by atoms with Crippen LogP contribution in [0.15, 0.2) is 35.6 Å². The molecule has 0 saturated carbocycles. The van der Waals surface area contributed by atoms with E-state index in [-0.39, 0.29) is 0 Å². The smallest absolute Gasteiger partial charge is 0.134 e. The molecule has 0 fully saturated rings. The number of benzene rings is 1. The van der Waals surface area contributed by atoms with E-state index < -0.39 is 0 Å². The van der Waals surface area contributed by atoms with Gasteiger partial charge in [-0.1, -0.05) is 12.2 Å². The summed E-state index contributed by atoms with van der Waals surface area (Å²) in [5, 5.41) is 10.1. The van der Waals surface area contributed by atoms with Crippen molar-refractivity contribution < 1.29 is 9.84 Å². The van der Waals surface area contributed by atoms with Gasteiger partial charge < -0.3 is 9.84 Å². The molecule has 1 aromatic rings. The monoisotopic (exact) mass is 256 g/mol. The van der Waals surface area contributed by atoms with Crippen molar-refractivity contribution in [1.29, 1.82) is 0 Å². The fraction of sp³-hybridized carbons (Fsp3) is 0.412. The van der Waals surface area contributed by atoms with Gasteiger partial charge in [-0.15, -0.1) is 0 Å². The summed E-state index contributed by atoms with van der Waals surface area (Å²) in [4.78, 5) is 0. The summed E-state index contributed by atoms with van der Waals surface area (Å²) < 4.78 is 6.06. The van der Waals surface area contributed by atoms with Crippen molar-refractivity contribution >= 4 is 0 Å². The number of aromatic hydroxyl groups is 1. The Hall–Kier alpha value is -1.70. The standard InChI is InChI=1S/C17H20O2/c1-10(2)12-4-5-13-8-14-15(18)6-11(3)7-17(14)19-16(13)9-12/h6-7,12,18H,1,4-5,8-9H2,2-3H3/t12-/m0/s1. The Morgan fingerprint density at radius 2 is 2.21 bits per heavy atom. The Kier molecular flexibility index (Phi) is 2.89. The molecule has 1 aromatic carbocycles. The molecule has 1 aliphatic carbocycles. The van der Waals surface area contributed by atoms with Crippen LogP contribution in [0, 0.1) is 12.8 Å². The minimum Gasteiger partial charge on any atom is -0.508 e. The molecule has 0 saturated heterocycles. The number of rotatable bonds is 1. The molecule has 0 unspecified atom stereocenters. The zero-order chi connectivity index (χ0) is 13.6. The van der Waals surface area contributed by atoms with Gasteiger partial charge in [0, 0.05) is 18.4 Å². The largest absolute Gasteiger partial charge is 0.508 e. The summed E-state index contributed by atoms with van der Waals surface area (Å²) in [6.07, 6.45) is 4.00. The molecule has 0 spiro atoms. The molecule has 2 heteroatoms. The maximum absolute atomic E-state index is 10.1. The zero-order valence-electron chi connectivity index (χ0n) is 11.6. The van der Waals surface area contributed by atoms with Crippen molar-refractivity contribution in [2.75, 3.05) is 0 Å². The van der Waals surface area contributed by atoms with Crippen LogP contribution in [0.4, 0.5) is 0 Å². The van der Waals surface area contributed by atoms with Crippen LogP contribution in [0.3, 0.4) is 0 Å². The van der Waals surface area contributed by atoms with Gasteiger partial charge in [-0.05, 0) is 55.9 Å². The molecule has 3 rings (SSSR count). The summed E-state index contributed by atoms with van der Waals surface area (Å²) in [5.41, 5.74) is 4.57. The molecule has 2 nitrogen and oxygen atoms in total. The number of phenols is 1. The third-order valence-corrected chi connectivity index (χ3v) is 4.27. The Morgan fingerprint density at radius 1 is 1.42 bits per heavy atom. The summed E-state index contributed by atoms with van der Waals surface area (Å²) in [6.45, 7) is 8.15. The Balaban J connectivity index is 1.93. The van der Waals surface area contributed by atoms with Gasteiger partial charge >= 0.3 is 0 Å². The second kappa shape index (κ2) is 4.44. The first-order valence-corrected chi connectivity index (χ1v) is 6.91. The van der Waals surface area contributed by atoms with Crippen molar-refractivity contribution in [2.45, 2.75) is 39.5 Å². The zero-order valence-corrected chi connectivity index (χ0v) is 11.6. The normalized spacial score (nSPS) is 21.5. The van der Waals surface area contributed by atoms with Crippen LogP contribution < -0.4 is 4.74 Å². The lowest BCUT2D eigenvalue weighted by molar-refractivity contribution is 0.323. The Bertz CT molecular complexity index is 581. The molecule has 1 N–H and O–H groups in total. The predicted octanol–water partition coefficient (Wildman–Crippen LogP) is 4.27.